The molecule has 0 heterocycles. The summed E-state index contributed by atoms with van der Waals surface area (Å²) in [5.41, 5.74) is 2.72. The molecule has 1 amide bonds. The first-order valence-electron chi connectivity index (χ1n) is 11.0. The van der Waals surface area contributed by atoms with Gasteiger partial charge in [0.1, 0.15) is 29.7 Å². The smallest absolute Gasteiger partial charge is 0.262 e. The van der Waals surface area contributed by atoms with Crippen LogP contribution in [-0.2, 0) is 17.9 Å². The van der Waals surface area contributed by atoms with Crippen molar-refractivity contribution in [2.24, 2.45) is 0 Å². The number of halogens is 1. The van der Waals surface area contributed by atoms with E-state index in [1.54, 1.807) is 13.2 Å². The number of carbonyl (C=O) groups is 1. The number of methoxy groups -OCH3 is 1. The summed E-state index contributed by atoms with van der Waals surface area (Å²) in [7, 11) is 1.60. The molecule has 0 unspecified atom stereocenters. The van der Waals surface area contributed by atoms with Crippen molar-refractivity contribution in [3.05, 3.63) is 112 Å². The van der Waals surface area contributed by atoms with Crippen LogP contribution in [0.25, 0.3) is 16.8 Å². The molecule has 0 bridgehead atoms. The van der Waals surface area contributed by atoms with Gasteiger partial charge in [-0.1, -0.05) is 54.6 Å². The van der Waals surface area contributed by atoms with E-state index in [-0.39, 0.29) is 5.57 Å². The maximum Gasteiger partial charge on any atom is 0.262 e. The van der Waals surface area contributed by atoms with E-state index in [9.17, 15) is 10.1 Å². The fourth-order valence-electron chi connectivity index (χ4n) is 3.55. The minimum atomic E-state index is -0.434. The second-order valence-electron chi connectivity index (χ2n) is 7.86. The van der Waals surface area contributed by atoms with Crippen LogP contribution >= 0.6 is 15.9 Å². The number of benzene rings is 4. The third kappa shape index (κ3) is 6.28. The number of ether oxygens (including phenoxy) is 2. The Hall–Kier alpha value is -4.08. The molecule has 0 spiro atoms. The van der Waals surface area contributed by atoms with E-state index in [1.807, 2.05) is 60.7 Å². The lowest BCUT2D eigenvalue weighted by molar-refractivity contribution is -0.117. The van der Waals surface area contributed by atoms with Gasteiger partial charge in [-0.05, 0) is 79.8 Å². The average Bonchev–Trinajstić information content (AvgIpc) is 2.90. The van der Waals surface area contributed by atoms with Crippen LogP contribution in [0.5, 0.6) is 11.5 Å². The first-order valence-corrected chi connectivity index (χ1v) is 11.8. The summed E-state index contributed by atoms with van der Waals surface area (Å²) < 4.78 is 11.9. The lowest BCUT2D eigenvalue weighted by atomic mass is 10.1. The summed E-state index contributed by atoms with van der Waals surface area (Å²) in [6, 6.07) is 29.3. The predicted octanol–water partition coefficient (Wildman–Crippen LogP) is 6.41. The third-order valence-electron chi connectivity index (χ3n) is 5.45. The molecule has 1 N–H and O–H groups in total. The van der Waals surface area contributed by atoms with Crippen LogP contribution in [-0.4, -0.2) is 13.0 Å². The van der Waals surface area contributed by atoms with Gasteiger partial charge in [0.25, 0.3) is 5.91 Å². The minimum Gasteiger partial charge on any atom is -0.497 e. The van der Waals surface area contributed by atoms with Crippen LogP contribution in [0.2, 0.25) is 0 Å². The van der Waals surface area contributed by atoms with E-state index in [2.05, 4.69) is 51.6 Å². The highest BCUT2D eigenvalue weighted by molar-refractivity contribution is 9.10. The zero-order valence-corrected chi connectivity index (χ0v) is 20.7. The van der Waals surface area contributed by atoms with Gasteiger partial charge in [-0.25, -0.2) is 0 Å². The van der Waals surface area contributed by atoms with Crippen LogP contribution in [0.15, 0.2) is 95.0 Å². The molecule has 0 atom stereocenters. The summed E-state index contributed by atoms with van der Waals surface area (Å²) in [5, 5.41) is 14.6. The molecule has 0 aliphatic carbocycles. The van der Waals surface area contributed by atoms with Crippen LogP contribution in [0.3, 0.4) is 0 Å². The van der Waals surface area contributed by atoms with E-state index in [1.165, 1.54) is 10.8 Å². The normalized spacial score (nSPS) is 11.1. The quantitative estimate of drug-likeness (QED) is 0.212. The van der Waals surface area contributed by atoms with Gasteiger partial charge >= 0.3 is 0 Å². The molecule has 0 radical (unpaired) electrons. The molecular weight excluding hydrogens is 504 g/mol. The van der Waals surface area contributed by atoms with Crippen molar-refractivity contribution in [3.8, 4) is 17.6 Å². The molecule has 5 nitrogen and oxygen atoms in total. The van der Waals surface area contributed by atoms with Crippen molar-refractivity contribution in [1.29, 1.82) is 5.26 Å². The molecule has 35 heavy (non-hydrogen) atoms. The Labute approximate surface area is 212 Å². The topological polar surface area (TPSA) is 71.3 Å². The zero-order valence-electron chi connectivity index (χ0n) is 19.1. The van der Waals surface area contributed by atoms with Crippen molar-refractivity contribution in [2.75, 3.05) is 7.11 Å². The Balaban J connectivity index is 1.39. The van der Waals surface area contributed by atoms with Gasteiger partial charge in [0.05, 0.1) is 11.6 Å². The van der Waals surface area contributed by atoms with Crippen molar-refractivity contribution in [3.63, 3.8) is 0 Å². The molecule has 0 saturated carbocycles. The highest BCUT2D eigenvalue weighted by Gasteiger charge is 2.10. The highest BCUT2D eigenvalue weighted by Crippen LogP contribution is 2.28. The number of nitriles is 1. The van der Waals surface area contributed by atoms with Gasteiger partial charge in [-0.3, -0.25) is 4.79 Å². The van der Waals surface area contributed by atoms with E-state index in [4.69, 9.17) is 9.47 Å². The molecule has 4 aromatic rings. The number of rotatable bonds is 8. The Kier molecular flexibility index (Phi) is 7.81. The minimum absolute atomic E-state index is 0.0234. The van der Waals surface area contributed by atoms with Gasteiger partial charge in [0.15, 0.2) is 0 Å². The predicted molar refractivity (Wildman–Crippen MR) is 141 cm³/mol. The summed E-state index contributed by atoms with van der Waals surface area (Å²) in [6.07, 6.45) is 1.56. The molecule has 4 aromatic carbocycles. The summed E-state index contributed by atoms with van der Waals surface area (Å²) in [6.45, 7) is 0.739. The van der Waals surface area contributed by atoms with E-state index < -0.39 is 5.91 Å². The molecule has 174 valence electrons. The standard InChI is InChI=1S/C29H23BrN2O3/c1-34-26-11-7-20(8-12-26)18-32-29(33)25(17-31)14-21-9-13-28(27(30)16-21)35-19-22-6-10-23-4-2-3-5-24(23)15-22/h2-16H,18-19H2,1H3,(H,32,33)/b25-14-. The maximum absolute atomic E-state index is 12.5. The van der Waals surface area contributed by atoms with Gasteiger partial charge in [-0.2, -0.15) is 5.26 Å². The molecule has 0 saturated heterocycles. The first-order chi connectivity index (χ1) is 17.1. The maximum atomic E-state index is 12.5. The van der Waals surface area contributed by atoms with Crippen molar-refractivity contribution in [1.82, 2.24) is 5.32 Å². The summed E-state index contributed by atoms with van der Waals surface area (Å²) in [5.74, 6) is 0.988. The molecular formula is C29H23BrN2O3. The summed E-state index contributed by atoms with van der Waals surface area (Å²) >= 11 is 3.53. The lowest BCUT2D eigenvalue weighted by Crippen LogP contribution is -2.23. The third-order valence-corrected chi connectivity index (χ3v) is 6.07. The number of hydrogen-bond donors (Lipinski definition) is 1. The number of carbonyl (C=O) groups excluding carboxylic acids is 1. The van der Waals surface area contributed by atoms with Crippen molar-refractivity contribution >= 4 is 38.7 Å². The number of fused-ring (bicyclic) bond motifs is 1. The van der Waals surface area contributed by atoms with Crippen molar-refractivity contribution < 1.29 is 14.3 Å². The number of amides is 1. The Morgan fingerprint density at radius 3 is 2.43 bits per heavy atom. The Morgan fingerprint density at radius 2 is 1.71 bits per heavy atom. The fraction of sp³-hybridized carbons (Fsp3) is 0.103. The van der Waals surface area contributed by atoms with Gasteiger partial charge in [-0.15, -0.1) is 0 Å². The second kappa shape index (κ2) is 11.4. The molecule has 0 aliphatic heterocycles. The Morgan fingerprint density at radius 1 is 0.971 bits per heavy atom. The van der Waals surface area contributed by atoms with Gasteiger partial charge in [0, 0.05) is 6.54 Å². The largest absolute Gasteiger partial charge is 0.497 e. The lowest BCUT2D eigenvalue weighted by Gasteiger charge is -2.10. The van der Waals surface area contributed by atoms with Gasteiger partial charge in [0.2, 0.25) is 0 Å². The fourth-order valence-corrected chi connectivity index (χ4v) is 4.06. The molecule has 6 heteroatoms. The molecule has 0 aliphatic rings. The van der Waals surface area contributed by atoms with Crippen LogP contribution in [0.1, 0.15) is 16.7 Å². The Bertz CT molecular complexity index is 1420. The first kappa shape index (κ1) is 24.1. The number of nitrogens with one attached hydrogen (secondary N) is 1. The highest BCUT2D eigenvalue weighted by atomic mass is 79.9. The monoisotopic (exact) mass is 526 g/mol. The average molecular weight is 527 g/mol. The second-order valence-corrected chi connectivity index (χ2v) is 8.71. The molecule has 0 aromatic heterocycles. The molecule has 4 rings (SSSR count). The zero-order chi connectivity index (χ0) is 24.6. The van der Waals surface area contributed by atoms with E-state index in [0.717, 1.165) is 21.3 Å². The van der Waals surface area contributed by atoms with E-state index >= 15 is 0 Å². The van der Waals surface area contributed by atoms with Crippen molar-refractivity contribution in [2.45, 2.75) is 13.2 Å². The van der Waals surface area contributed by atoms with Crippen LogP contribution in [0.4, 0.5) is 0 Å². The molecule has 0 fully saturated rings. The number of hydrogen-bond acceptors (Lipinski definition) is 4. The number of nitrogens with zero attached hydrogens (tertiary/aromatic N) is 1. The van der Waals surface area contributed by atoms with Crippen LogP contribution in [0, 0.1) is 11.3 Å². The van der Waals surface area contributed by atoms with Gasteiger partial charge < -0.3 is 14.8 Å². The van der Waals surface area contributed by atoms with Crippen LogP contribution < -0.4 is 14.8 Å². The SMILES string of the molecule is COc1ccc(CNC(=O)/C(C#N)=C\c2ccc(OCc3ccc4ccccc4c3)c(Br)c2)cc1. The van der Waals surface area contributed by atoms with E-state index in [0.29, 0.717) is 24.5 Å². The summed E-state index contributed by atoms with van der Waals surface area (Å²) in [4.78, 5) is 12.5.